The van der Waals surface area contributed by atoms with Gasteiger partial charge in [-0.2, -0.15) is 0 Å². The number of aryl methyl sites for hydroxylation is 1. The molecule has 0 spiro atoms. The minimum absolute atomic E-state index is 0.415. The van der Waals surface area contributed by atoms with Crippen LogP contribution in [0.1, 0.15) is 19.5 Å². The van der Waals surface area contributed by atoms with Crippen LogP contribution in [0, 0.1) is 6.92 Å². The average Bonchev–Trinajstić information content (AvgIpc) is 3.12. The van der Waals surface area contributed by atoms with Crippen LogP contribution in [0.25, 0.3) is 28.1 Å². The summed E-state index contributed by atoms with van der Waals surface area (Å²) in [5, 5.41) is 4.97. The van der Waals surface area contributed by atoms with Crippen molar-refractivity contribution in [3.8, 4) is 17.3 Å². The third-order valence-corrected chi connectivity index (χ3v) is 5.82. The maximum absolute atomic E-state index is 6.69. The van der Waals surface area contributed by atoms with Crippen molar-refractivity contribution in [3.63, 3.8) is 0 Å². The van der Waals surface area contributed by atoms with Gasteiger partial charge in [-0.1, -0.05) is 11.6 Å². The lowest BCUT2D eigenvalue weighted by Gasteiger charge is -2.37. The van der Waals surface area contributed by atoms with Crippen LogP contribution in [0.3, 0.4) is 0 Å². The van der Waals surface area contributed by atoms with Gasteiger partial charge in [0.15, 0.2) is 5.65 Å². The Morgan fingerprint density at radius 3 is 2.58 bits per heavy atom. The molecule has 1 aliphatic heterocycles. The van der Waals surface area contributed by atoms with Crippen molar-refractivity contribution in [2.75, 3.05) is 25.1 Å². The predicted octanol–water partition coefficient (Wildman–Crippen LogP) is 3.50. The summed E-state index contributed by atoms with van der Waals surface area (Å²) in [5.41, 5.74) is 4.46. The van der Waals surface area contributed by atoms with Gasteiger partial charge >= 0.3 is 0 Å². The number of hydrogen-bond donors (Lipinski definition) is 1. The largest absolute Gasteiger partial charge is 0.478 e. The number of anilines is 1. The van der Waals surface area contributed by atoms with Gasteiger partial charge in [-0.3, -0.25) is 0 Å². The van der Waals surface area contributed by atoms with Crippen LogP contribution in [0.5, 0.6) is 5.88 Å². The highest BCUT2D eigenvalue weighted by Crippen LogP contribution is 2.31. The fourth-order valence-electron chi connectivity index (χ4n) is 4.25. The molecule has 5 heterocycles. The van der Waals surface area contributed by atoms with Gasteiger partial charge in [-0.25, -0.2) is 19.9 Å². The van der Waals surface area contributed by atoms with Crippen LogP contribution in [-0.4, -0.2) is 56.6 Å². The Bertz CT molecular complexity index is 1280. The number of rotatable bonds is 3. The summed E-state index contributed by atoms with van der Waals surface area (Å²) in [6.07, 6.45) is 5.67. The van der Waals surface area contributed by atoms with Crippen molar-refractivity contribution >= 4 is 34.0 Å². The third kappa shape index (κ3) is 3.66. The van der Waals surface area contributed by atoms with Crippen LogP contribution >= 0.6 is 11.6 Å². The second kappa shape index (κ2) is 7.62. The van der Waals surface area contributed by atoms with Gasteiger partial charge < -0.3 is 19.4 Å². The monoisotopic (exact) mass is 437 g/mol. The molecule has 0 saturated carbocycles. The number of halogens is 1. The Balaban J connectivity index is 1.57. The first-order valence-electron chi connectivity index (χ1n) is 10.3. The maximum Gasteiger partial charge on any atom is 0.258 e. The lowest BCUT2D eigenvalue weighted by atomic mass is 10.1. The first kappa shape index (κ1) is 20.0. The Labute approximate surface area is 185 Å². The average molecular weight is 438 g/mol. The summed E-state index contributed by atoms with van der Waals surface area (Å²) >= 11 is 6.69. The normalized spacial score (nSPS) is 19.3. The van der Waals surface area contributed by atoms with E-state index in [1.165, 1.54) is 0 Å². The number of nitrogens with one attached hydrogen (secondary N) is 1. The fourth-order valence-corrected chi connectivity index (χ4v) is 4.49. The summed E-state index contributed by atoms with van der Waals surface area (Å²) in [5.74, 6) is 0.439. The van der Waals surface area contributed by atoms with Crippen LogP contribution in [0.15, 0.2) is 30.7 Å². The molecule has 31 heavy (non-hydrogen) atoms. The molecule has 1 aliphatic rings. The van der Waals surface area contributed by atoms with Crippen molar-refractivity contribution < 1.29 is 4.74 Å². The van der Waals surface area contributed by atoms with E-state index in [9.17, 15) is 0 Å². The van der Waals surface area contributed by atoms with Gasteiger partial charge in [-0.05, 0) is 32.9 Å². The molecule has 0 unspecified atom stereocenters. The van der Waals surface area contributed by atoms with Gasteiger partial charge in [0.1, 0.15) is 5.69 Å². The second-order valence-electron chi connectivity index (χ2n) is 8.18. The highest BCUT2D eigenvalue weighted by Gasteiger charge is 2.22. The van der Waals surface area contributed by atoms with E-state index < -0.39 is 0 Å². The van der Waals surface area contributed by atoms with Crippen LogP contribution in [0.2, 0.25) is 5.02 Å². The highest BCUT2D eigenvalue weighted by atomic mass is 35.5. The number of fused-ring (bicyclic) bond motifs is 2. The molecule has 4 aromatic heterocycles. The minimum Gasteiger partial charge on any atom is -0.478 e. The predicted molar refractivity (Wildman–Crippen MR) is 122 cm³/mol. The molecule has 2 atom stereocenters. The third-order valence-electron chi connectivity index (χ3n) is 5.51. The minimum atomic E-state index is 0.415. The molecule has 0 amide bonds. The quantitative estimate of drug-likeness (QED) is 0.525. The lowest BCUT2D eigenvalue weighted by Crippen LogP contribution is -2.54. The Kier molecular flexibility index (Phi) is 4.91. The van der Waals surface area contributed by atoms with Gasteiger partial charge in [-0.15, -0.1) is 0 Å². The molecule has 5 rings (SSSR count). The topological polar surface area (TPSA) is 80.5 Å². The lowest BCUT2D eigenvalue weighted by molar-refractivity contribution is 0.400. The standard InChI is InChI=1S/C22H24ClN7O/c1-12-8-29(9-13(2)25-12)15-5-16-17(23)6-18(27-20(16)24-7-15)19-11-30-10-14(3)26-21(30)22(28-19)31-4/h5-7,10-13,25H,8-9H2,1-4H3/t12-,13-/m1/s1. The molecule has 0 aromatic carbocycles. The summed E-state index contributed by atoms with van der Waals surface area (Å²) in [7, 11) is 1.58. The molecular formula is C22H24ClN7O. The van der Waals surface area contributed by atoms with E-state index >= 15 is 0 Å². The molecule has 160 valence electrons. The van der Waals surface area contributed by atoms with E-state index in [1.807, 2.05) is 36.0 Å². The smallest absolute Gasteiger partial charge is 0.258 e. The molecular weight excluding hydrogens is 414 g/mol. The van der Waals surface area contributed by atoms with Crippen molar-refractivity contribution in [1.82, 2.24) is 29.7 Å². The number of pyridine rings is 2. The fraction of sp³-hybridized carbons (Fsp3) is 0.364. The number of ether oxygens (including phenoxy) is 1. The summed E-state index contributed by atoms with van der Waals surface area (Å²) < 4.78 is 7.33. The van der Waals surface area contributed by atoms with Gasteiger partial charge in [0.2, 0.25) is 5.65 Å². The van der Waals surface area contributed by atoms with Crippen molar-refractivity contribution in [2.24, 2.45) is 0 Å². The molecule has 1 fully saturated rings. The van der Waals surface area contributed by atoms with E-state index in [4.69, 9.17) is 21.3 Å². The number of imidazole rings is 1. The van der Waals surface area contributed by atoms with Gasteiger partial charge in [0.05, 0.1) is 35.4 Å². The first-order valence-corrected chi connectivity index (χ1v) is 10.7. The van der Waals surface area contributed by atoms with Gasteiger partial charge in [0, 0.05) is 43.0 Å². The zero-order valence-corrected chi connectivity index (χ0v) is 18.7. The zero-order valence-electron chi connectivity index (χ0n) is 17.9. The summed E-state index contributed by atoms with van der Waals surface area (Å²) in [6.45, 7) is 8.16. The summed E-state index contributed by atoms with van der Waals surface area (Å²) in [4.78, 5) is 20.7. The van der Waals surface area contributed by atoms with E-state index in [0.29, 0.717) is 45.7 Å². The van der Waals surface area contributed by atoms with Gasteiger partial charge in [0.25, 0.3) is 5.88 Å². The SMILES string of the molecule is COc1nc(-c2cc(Cl)c3cc(N4C[C@@H](C)N[C@H](C)C4)cnc3n2)cn2cc(C)nc12. The number of hydrogen-bond acceptors (Lipinski definition) is 7. The van der Waals surface area contributed by atoms with Crippen LogP contribution in [-0.2, 0) is 0 Å². The molecule has 1 saturated heterocycles. The van der Waals surface area contributed by atoms with Crippen molar-refractivity contribution in [3.05, 3.63) is 41.4 Å². The van der Waals surface area contributed by atoms with E-state index in [2.05, 4.69) is 45.1 Å². The first-order chi connectivity index (χ1) is 14.9. The number of nitrogens with zero attached hydrogens (tertiary/aromatic N) is 6. The number of aromatic nitrogens is 5. The molecule has 1 N–H and O–H groups in total. The molecule has 8 nitrogen and oxygen atoms in total. The molecule has 9 heteroatoms. The Hall–Kier alpha value is -2.97. The van der Waals surface area contributed by atoms with Crippen LogP contribution in [0.4, 0.5) is 5.69 Å². The maximum atomic E-state index is 6.69. The van der Waals surface area contributed by atoms with E-state index in [0.717, 1.165) is 29.9 Å². The highest BCUT2D eigenvalue weighted by molar-refractivity contribution is 6.35. The van der Waals surface area contributed by atoms with Crippen molar-refractivity contribution in [1.29, 1.82) is 0 Å². The van der Waals surface area contributed by atoms with E-state index in [-0.39, 0.29) is 0 Å². The molecule has 0 radical (unpaired) electrons. The summed E-state index contributed by atoms with van der Waals surface area (Å²) in [6, 6.07) is 4.73. The Morgan fingerprint density at radius 1 is 1.06 bits per heavy atom. The number of piperazine rings is 1. The van der Waals surface area contributed by atoms with Crippen molar-refractivity contribution in [2.45, 2.75) is 32.9 Å². The Morgan fingerprint density at radius 2 is 1.84 bits per heavy atom. The van der Waals surface area contributed by atoms with E-state index in [1.54, 1.807) is 7.11 Å². The molecule has 4 aromatic rings. The zero-order chi connectivity index (χ0) is 21.7. The molecule has 0 bridgehead atoms. The second-order valence-corrected chi connectivity index (χ2v) is 8.58. The molecule has 0 aliphatic carbocycles. The number of methoxy groups -OCH3 is 1. The van der Waals surface area contributed by atoms with Crippen LogP contribution < -0.4 is 15.0 Å².